The number of pyridine rings is 1. The summed E-state index contributed by atoms with van der Waals surface area (Å²) in [4.78, 5) is 25.7. The van der Waals surface area contributed by atoms with Crippen LogP contribution in [0.25, 0.3) is 33.2 Å². The molecule has 0 aliphatic carbocycles. The van der Waals surface area contributed by atoms with E-state index in [-0.39, 0.29) is 17.8 Å². The van der Waals surface area contributed by atoms with Gasteiger partial charge in [-0.1, -0.05) is 29.8 Å². The summed E-state index contributed by atoms with van der Waals surface area (Å²) in [6, 6.07) is 15.7. The van der Waals surface area contributed by atoms with Crippen molar-refractivity contribution in [1.29, 1.82) is 0 Å². The number of benzene rings is 2. The van der Waals surface area contributed by atoms with Crippen LogP contribution in [0.1, 0.15) is 34.7 Å². The molecule has 0 fully saturated rings. The largest absolute Gasteiger partial charge is 0.343 e. The Kier molecular flexibility index (Phi) is 4.28. The third kappa shape index (κ3) is 3.20. The van der Waals surface area contributed by atoms with Crippen LogP contribution >= 0.6 is 0 Å². The number of carbonyl (C=O) groups is 1. The molecule has 1 unspecified atom stereocenters. The van der Waals surface area contributed by atoms with E-state index >= 15 is 0 Å². The van der Waals surface area contributed by atoms with Gasteiger partial charge in [0.1, 0.15) is 0 Å². The lowest BCUT2D eigenvalue weighted by molar-refractivity contribution is 0.0930. The van der Waals surface area contributed by atoms with Gasteiger partial charge in [0.25, 0.3) is 5.91 Å². The number of aromatic amines is 2. The summed E-state index contributed by atoms with van der Waals surface area (Å²) in [5.41, 5.74) is 6.43. The summed E-state index contributed by atoms with van der Waals surface area (Å²) < 4.78 is 0. The minimum Gasteiger partial charge on any atom is -0.343 e. The molecule has 0 aliphatic rings. The van der Waals surface area contributed by atoms with Crippen molar-refractivity contribution in [3.05, 3.63) is 77.9 Å². The summed E-state index contributed by atoms with van der Waals surface area (Å²) in [5, 5.41) is 10.3. The molecule has 3 aromatic heterocycles. The van der Waals surface area contributed by atoms with Gasteiger partial charge < -0.3 is 10.4 Å². The predicted molar refractivity (Wildman–Crippen MR) is 116 cm³/mol. The standard InChI is InChI=1S/C23H20N6O/c1-13-3-5-15(6-4-13)14(2)25-23(30)22-26-19-11-17-18(12-20(19)27-22)28-29-21(17)16-7-9-24-10-8-16/h3-12,14,28-29H,1-2H3,(H,25,30). The Morgan fingerprint density at radius 3 is 2.40 bits per heavy atom. The number of amides is 1. The summed E-state index contributed by atoms with van der Waals surface area (Å²) in [6.45, 7) is 3.99. The number of fused-ring (bicyclic) bond motifs is 2. The van der Waals surface area contributed by atoms with Gasteiger partial charge in [0.15, 0.2) is 0 Å². The highest BCUT2D eigenvalue weighted by Gasteiger charge is 2.18. The SMILES string of the molecule is Cc1ccc(C(C)NC(=O)c2nc3cc4[nH][nH]c(-c5ccncc5)c4cc3n2)cc1. The minimum absolute atomic E-state index is 0.137. The molecule has 0 saturated heterocycles. The number of aryl methyl sites for hydroxylation is 1. The smallest absolute Gasteiger partial charge is 0.289 e. The van der Waals surface area contributed by atoms with Gasteiger partial charge in [0.2, 0.25) is 5.82 Å². The van der Waals surface area contributed by atoms with Gasteiger partial charge in [-0.25, -0.2) is 9.97 Å². The minimum atomic E-state index is -0.288. The van der Waals surface area contributed by atoms with Gasteiger partial charge in [-0.15, -0.1) is 0 Å². The monoisotopic (exact) mass is 396 g/mol. The first-order valence-corrected chi connectivity index (χ1v) is 9.74. The number of rotatable bonds is 4. The van der Waals surface area contributed by atoms with Crippen molar-refractivity contribution in [3.63, 3.8) is 0 Å². The van der Waals surface area contributed by atoms with E-state index in [9.17, 15) is 4.79 Å². The predicted octanol–water partition coefficient (Wildman–Crippen LogP) is 4.30. The Morgan fingerprint density at radius 2 is 1.67 bits per heavy atom. The molecule has 30 heavy (non-hydrogen) atoms. The number of hydrogen-bond acceptors (Lipinski definition) is 4. The van der Waals surface area contributed by atoms with Crippen molar-refractivity contribution in [2.45, 2.75) is 19.9 Å². The number of nitrogens with one attached hydrogen (secondary N) is 3. The van der Waals surface area contributed by atoms with E-state index in [4.69, 9.17) is 0 Å². The van der Waals surface area contributed by atoms with E-state index in [0.29, 0.717) is 11.0 Å². The van der Waals surface area contributed by atoms with Crippen molar-refractivity contribution < 1.29 is 4.79 Å². The van der Waals surface area contributed by atoms with Gasteiger partial charge in [0.05, 0.1) is 28.3 Å². The Bertz CT molecular complexity index is 1350. The molecule has 0 aliphatic heterocycles. The molecule has 0 saturated carbocycles. The van der Waals surface area contributed by atoms with Gasteiger partial charge >= 0.3 is 0 Å². The van der Waals surface area contributed by atoms with Crippen molar-refractivity contribution in [1.82, 2.24) is 30.5 Å². The number of imidazole rings is 1. The third-order valence-corrected chi connectivity index (χ3v) is 5.26. The average Bonchev–Trinajstić information content (AvgIpc) is 3.36. The molecule has 1 atom stereocenters. The Balaban J connectivity index is 1.45. The van der Waals surface area contributed by atoms with E-state index in [2.05, 4.69) is 30.5 Å². The van der Waals surface area contributed by atoms with Gasteiger partial charge in [-0.05, 0) is 43.7 Å². The number of nitrogens with zero attached hydrogens (tertiary/aromatic N) is 3. The summed E-state index contributed by atoms with van der Waals surface area (Å²) in [6.07, 6.45) is 3.50. The second-order valence-electron chi connectivity index (χ2n) is 7.40. The Morgan fingerprint density at radius 1 is 0.967 bits per heavy atom. The molecule has 7 heteroatoms. The van der Waals surface area contributed by atoms with Crippen LogP contribution in [0, 0.1) is 6.92 Å². The van der Waals surface area contributed by atoms with E-state index in [1.165, 1.54) is 5.56 Å². The number of aromatic nitrogens is 5. The molecule has 0 bridgehead atoms. The second-order valence-corrected chi connectivity index (χ2v) is 7.40. The molecule has 0 spiro atoms. The van der Waals surface area contributed by atoms with Crippen LogP contribution in [0.4, 0.5) is 0 Å². The topological polar surface area (TPSA) is 99.3 Å². The van der Waals surface area contributed by atoms with Gasteiger partial charge in [-0.3, -0.25) is 14.9 Å². The fourth-order valence-corrected chi connectivity index (χ4v) is 3.56. The van der Waals surface area contributed by atoms with Crippen molar-refractivity contribution in [3.8, 4) is 11.3 Å². The lowest BCUT2D eigenvalue weighted by Gasteiger charge is -2.13. The van der Waals surface area contributed by atoms with Crippen molar-refractivity contribution in [2.24, 2.45) is 0 Å². The molecule has 7 nitrogen and oxygen atoms in total. The summed E-state index contributed by atoms with van der Waals surface area (Å²) >= 11 is 0. The molecule has 0 radical (unpaired) electrons. The van der Waals surface area contributed by atoms with E-state index in [0.717, 1.165) is 27.7 Å². The van der Waals surface area contributed by atoms with Crippen LogP contribution in [0.5, 0.6) is 0 Å². The first-order chi connectivity index (χ1) is 14.6. The highest BCUT2D eigenvalue weighted by molar-refractivity contribution is 6.02. The van der Waals surface area contributed by atoms with Crippen LogP contribution < -0.4 is 5.32 Å². The lowest BCUT2D eigenvalue weighted by atomic mass is 10.1. The maximum Gasteiger partial charge on any atom is 0.289 e. The summed E-state index contributed by atoms with van der Waals surface area (Å²) in [7, 11) is 0. The zero-order valence-electron chi connectivity index (χ0n) is 16.6. The quantitative estimate of drug-likeness (QED) is 0.422. The zero-order valence-corrected chi connectivity index (χ0v) is 16.6. The van der Waals surface area contributed by atoms with Crippen LogP contribution in [-0.4, -0.2) is 31.1 Å². The molecule has 3 heterocycles. The molecule has 5 rings (SSSR count). The average molecular weight is 396 g/mol. The van der Waals surface area contributed by atoms with Crippen LogP contribution in [-0.2, 0) is 0 Å². The maximum absolute atomic E-state index is 12.7. The highest BCUT2D eigenvalue weighted by Crippen LogP contribution is 2.29. The second kappa shape index (κ2) is 7.11. The zero-order chi connectivity index (χ0) is 20.7. The Labute approximate surface area is 172 Å². The maximum atomic E-state index is 12.7. The molecule has 148 valence electrons. The van der Waals surface area contributed by atoms with E-state index < -0.39 is 0 Å². The molecular formula is C23H20N6O. The molecule has 2 aromatic carbocycles. The molecule has 1 amide bonds. The number of hydrogen-bond donors (Lipinski definition) is 3. The van der Waals surface area contributed by atoms with Crippen LogP contribution in [0.2, 0.25) is 0 Å². The van der Waals surface area contributed by atoms with Crippen molar-refractivity contribution >= 4 is 27.8 Å². The number of H-pyrrole nitrogens is 2. The van der Waals surface area contributed by atoms with Gasteiger partial charge in [0, 0.05) is 23.3 Å². The van der Waals surface area contributed by atoms with Gasteiger partial charge in [-0.2, -0.15) is 0 Å². The van der Waals surface area contributed by atoms with Crippen LogP contribution in [0.15, 0.2) is 60.9 Å². The lowest BCUT2D eigenvalue weighted by Crippen LogP contribution is -2.27. The Hall–Kier alpha value is -4.00. The van der Waals surface area contributed by atoms with E-state index in [1.54, 1.807) is 12.4 Å². The molecule has 5 aromatic rings. The van der Waals surface area contributed by atoms with Crippen LogP contribution in [0.3, 0.4) is 0 Å². The highest BCUT2D eigenvalue weighted by atomic mass is 16.2. The number of carbonyl (C=O) groups excluding carboxylic acids is 1. The van der Waals surface area contributed by atoms with Crippen molar-refractivity contribution in [2.75, 3.05) is 0 Å². The summed E-state index contributed by atoms with van der Waals surface area (Å²) in [5.74, 6) is -0.116. The first-order valence-electron chi connectivity index (χ1n) is 9.74. The molecular weight excluding hydrogens is 376 g/mol. The fourth-order valence-electron chi connectivity index (χ4n) is 3.56. The normalized spacial score (nSPS) is 12.3. The fraction of sp³-hybridized carbons (Fsp3) is 0.130. The first kappa shape index (κ1) is 18.1. The third-order valence-electron chi connectivity index (χ3n) is 5.26. The molecule has 3 N–H and O–H groups in total. The van der Waals surface area contributed by atoms with E-state index in [1.807, 2.05) is 62.4 Å².